The van der Waals surface area contributed by atoms with Gasteiger partial charge in [-0.3, -0.25) is 9.69 Å². The van der Waals surface area contributed by atoms with Crippen LogP contribution in [-0.2, 0) is 4.79 Å². The highest BCUT2D eigenvalue weighted by Gasteiger charge is 2.46. The Hall–Kier alpha value is -0.570. The van der Waals surface area contributed by atoms with Crippen molar-refractivity contribution >= 4 is 5.97 Å². The normalized spacial score (nSPS) is 16.8. The Morgan fingerprint density at radius 2 is 1.88 bits per heavy atom. The highest BCUT2D eigenvalue weighted by Crippen LogP contribution is 2.36. The lowest BCUT2D eigenvalue weighted by Crippen LogP contribution is -2.55. The van der Waals surface area contributed by atoms with Crippen molar-refractivity contribution in [3.05, 3.63) is 0 Å². The van der Waals surface area contributed by atoms with Gasteiger partial charge in [0.25, 0.3) is 0 Å². The lowest BCUT2D eigenvalue weighted by molar-refractivity contribution is -0.153. The van der Waals surface area contributed by atoms with Gasteiger partial charge >= 0.3 is 5.97 Å². The van der Waals surface area contributed by atoms with Gasteiger partial charge in [0.2, 0.25) is 0 Å². The molecule has 0 bridgehead atoms. The molecule has 0 saturated heterocycles. The summed E-state index contributed by atoms with van der Waals surface area (Å²) in [6.07, 6.45) is 6.01. The molecular formula is C13H25NO2. The van der Waals surface area contributed by atoms with Crippen molar-refractivity contribution in [2.45, 2.75) is 70.9 Å². The Morgan fingerprint density at radius 3 is 2.19 bits per heavy atom. The van der Waals surface area contributed by atoms with Gasteiger partial charge in [-0.2, -0.15) is 0 Å². The van der Waals surface area contributed by atoms with Gasteiger partial charge in [-0.15, -0.1) is 0 Å². The highest BCUT2D eigenvalue weighted by atomic mass is 16.4. The summed E-state index contributed by atoms with van der Waals surface area (Å²) in [7, 11) is 0. The fraction of sp³-hybridized carbons (Fsp3) is 0.923. The van der Waals surface area contributed by atoms with Crippen molar-refractivity contribution < 1.29 is 9.90 Å². The number of nitrogens with zero attached hydrogens (tertiary/aromatic N) is 1. The van der Waals surface area contributed by atoms with E-state index in [9.17, 15) is 9.90 Å². The largest absolute Gasteiger partial charge is 0.480 e. The molecule has 1 aliphatic carbocycles. The molecule has 1 fully saturated rings. The van der Waals surface area contributed by atoms with E-state index >= 15 is 0 Å². The van der Waals surface area contributed by atoms with Gasteiger partial charge in [0.15, 0.2) is 0 Å². The molecule has 1 rings (SSSR count). The molecule has 1 saturated carbocycles. The third-order valence-electron chi connectivity index (χ3n) is 3.86. The van der Waals surface area contributed by atoms with Crippen molar-refractivity contribution in [1.82, 2.24) is 4.90 Å². The van der Waals surface area contributed by atoms with E-state index in [1.54, 1.807) is 0 Å². The summed E-state index contributed by atoms with van der Waals surface area (Å²) >= 11 is 0. The van der Waals surface area contributed by atoms with Crippen LogP contribution in [0.1, 0.15) is 59.3 Å². The van der Waals surface area contributed by atoms with Crippen molar-refractivity contribution in [2.75, 3.05) is 6.54 Å². The third kappa shape index (κ3) is 2.57. The molecule has 0 unspecified atom stereocenters. The molecule has 0 amide bonds. The molecule has 3 heteroatoms. The maximum Gasteiger partial charge on any atom is 0.324 e. The van der Waals surface area contributed by atoms with Crippen molar-refractivity contribution in [1.29, 1.82) is 0 Å². The Balaban J connectivity index is 2.81. The van der Waals surface area contributed by atoms with E-state index in [1.807, 2.05) is 13.8 Å². The molecular weight excluding hydrogens is 202 g/mol. The standard InChI is InChI=1S/C13H25NO2/c1-4-7-10-14(11-8-9-11)13(5-2,6-3)12(15)16/h11H,4-10H2,1-3H3,(H,15,16). The average Bonchev–Trinajstić information content (AvgIpc) is 3.08. The van der Waals surface area contributed by atoms with Crippen LogP contribution in [0.5, 0.6) is 0 Å². The minimum absolute atomic E-state index is 0.530. The summed E-state index contributed by atoms with van der Waals surface area (Å²) in [6.45, 7) is 7.10. The lowest BCUT2D eigenvalue weighted by atomic mass is 9.90. The minimum Gasteiger partial charge on any atom is -0.480 e. The van der Waals surface area contributed by atoms with Gasteiger partial charge in [-0.25, -0.2) is 0 Å². The number of aliphatic carboxylic acids is 1. The molecule has 0 aromatic carbocycles. The predicted molar refractivity (Wildman–Crippen MR) is 65.6 cm³/mol. The SMILES string of the molecule is CCCCN(C1CC1)C(CC)(CC)C(=O)O. The first kappa shape index (κ1) is 13.5. The molecule has 1 N–H and O–H groups in total. The molecule has 3 nitrogen and oxygen atoms in total. The van der Waals surface area contributed by atoms with Crippen LogP contribution < -0.4 is 0 Å². The maximum atomic E-state index is 11.6. The Labute approximate surface area is 98.8 Å². The number of carbonyl (C=O) groups is 1. The topological polar surface area (TPSA) is 40.5 Å². The molecule has 0 heterocycles. The molecule has 0 aliphatic heterocycles. The van der Waals surface area contributed by atoms with E-state index in [0.29, 0.717) is 18.9 Å². The van der Waals surface area contributed by atoms with Gasteiger partial charge in [-0.05, 0) is 38.6 Å². The molecule has 0 radical (unpaired) electrons. The van der Waals surface area contributed by atoms with Crippen molar-refractivity contribution in [3.8, 4) is 0 Å². The monoisotopic (exact) mass is 227 g/mol. The van der Waals surface area contributed by atoms with Crippen LogP contribution in [0.3, 0.4) is 0 Å². The van der Waals surface area contributed by atoms with Crippen LogP contribution in [0, 0.1) is 0 Å². The van der Waals surface area contributed by atoms with E-state index in [-0.39, 0.29) is 0 Å². The van der Waals surface area contributed by atoms with E-state index in [4.69, 9.17) is 0 Å². The van der Waals surface area contributed by atoms with Crippen LogP contribution in [0.25, 0.3) is 0 Å². The van der Waals surface area contributed by atoms with E-state index < -0.39 is 11.5 Å². The summed E-state index contributed by atoms with van der Waals surface area (Å²) in [5.41, 5.74) is -0.615. The zero-order valence-electron chi connectivity index (χ0n) is 10.8. The second-order valence-electron chi connectivity index (χ2n) is 4.82. The molecule has 94 valence electrons. The summed E-state index contributed by atoms with van der Waals surface area (Å²) in [5.74, 6) is -0.638. The highest BCUT2D eigenvalue weighted by molar-refractivity contribution is 5.78. The van der Waals surface area contributed by atoms with Gasteiger partial charge < -0.3 is 5.11 Å². The fourth-order valence-corrected chi connectivity index (χ4v) is 2.54. The molecule has 0 aromatic heterocycles. The van der Waals surface area contributed by atoms with Crippen molar-refractivity contribution in [3.63, 3.8) is 0 Å². The first-order valence-corrected chi connectivity index (χ1v) is 6.62. The van der Waals surface area contributed by atoms with E-state index in [0.717, 1.165) is 19.4 Å². The molecule has 1 aliphatic rings. The summed E-state index contributed by atoms with van der Waals surface area (Å²) in [4.78, 5) is 13.8. The molecule has 0 spiro atoms. The Bertz CT molecular complexity index is 232. The molecule has 0 aromatic rings. The van der Waals surface area contributed by atoms with Gasteiger partial charge in [0, 0.05) is 6.04 Å². The van der Waals surface area contributed by atoms with Crippen molar-refractivity contribution in [2.24, 2.45) is 0 Å². The zero-order valence-corrected chi connectivity index (χ0v) is 10.8. The summed E-state index contributed by atoms with van der Waals surface area (Å²) < 4.78 is 0. The first-order chi connectivity index (χ1) is 7.62. The van der Waals surface area contributed by atoms with Crippen LogP contribution in [0.4, 0.5) is 0 Å². The minimum atomic E-state index is -0.638. The second-order valence-corrected chi connectivity index (χ2v) is 4.82. The Kier molecular flexibility index (Phi) is 4.78. The number of hydrogen-bond donors (Lipinski definition) is 1. The van der Waals surface area contributed by atoms with Gasteiger partial charge in [0.1, 0.15) is 5.54 Å². The summed E-state index contributed by atoms with van der Waals surface area (Å²) in [5, 5.41) is 9.53. The number of carboxylic acids is 1. The van der Waals surface area contributed by atoms with Crippen LogP contribution in [-0.4, -0.2) is 34.1 Å². The average molecular weight is 227 g/mol. The fourth-order valence-electron chi connectivity index (χ4n) is 2.54. The van der Waals surface area contributed by atoms with E-state index in [1.165, 1.54) is 12.8 Å². The molecule has 16 heavy (non-hydrogen) atoms. The Morgan fingerprint density at radius 1 is 1.31 bits per heavy atom. The third-order valence-corrected chi connectivity index (χ3v) is 3.86. The van der Waals surface area contributed by atoms with Gasteiger partial charge in [-0.1, -0.05) is 27.2 Å². The summed E-state index contributed by atoms with van der Waals surface area (Å²) in [6, 6.07) is 0.530. The number of rotatable bonds is 8. The second kappa shape index (κ2) is 5.67. The van der Waals surface area contributed by atoms with Gasteiger partial charge in [0.05, 0.1) is 0 Å². The predicted octanol–water partition coefficient (Wildman–Crippen LogP) is 2.89. The van der Waals surface area contributed by atoms with Crippen LogP contribution >= 0.6 is 0 Å². The molecule has 0 atom stereocenters. The number of carboxylic acid groups (broad SMARTS) is 1. The maximum absolute atomic E-state index is 11.6. The quantitative estimate of drug-likeness (QED) is 0.693. The zero-order chi connectivity index (χ0) is 12.2. The smallest absolute Gasteiger partial charge is 0.324 e. The number of unbranched alkanes of at least 4 members (excludes halogenated alkanes) is 1. The first-order valence-electron chi connectivity index (χ1n) is 6.62. The number of hydrogen-bond acceptors (Lipinski definition) is 2. The van der Waals surface area contributed by atoms with E-state index in [2.05, 4.69) is 11.8 Å². The van der Waals surface area contributed by atoms with Crippen LogP contribution in [0.2, 0.25) is 0 Å². The van der Waals surface area contributed by atoms with Crippen LogP contribution in [0.15, 0.2) is 0 Å². The lowest BCUT2D eigenvalue weighted by Gasteiger charge is -2.40.